The number of nitrogens with zero attached hydrogens (tertiary/aromatic N) is 3. The molecule has 0 saturated heterocycles. The Bertz CT molecular complexity index is 1030. The average Bonchev–Trinajstić information content (AvgIpc) is 2.76. The minimum absolute atomic E-state index is 0.113. The SMILES string of the molecule is C=CCNC(=O)/C(C)=C/c1cc(Nc2nccc(/C(=C/C)N=CCC)n2)cc(C)c1C. The molecule has 2 aromatic rings. The molecule has 0 aliphatic rings. The first-order chi connectivity index (χ1) is 14.9. The van der Waals surface area contributed by atoms with Gasteiger partial charge in [0.1, 0.15) is 0 Å². The summed E-state index contributed by atoms with van der Waals surface area (Å²) >= 11 is 0. The second-order valence-corrected chi connectivity index (χ2v) is 7.12. The van der Waals surface area contributed by atoms with Crippen LogP contribution in [0.4, 0.5) is 11.6 Å². The summed E-state index contributed by atoms with van der Waals surface area (Å²) in [6.45, 7) is 13.9. The highest BCUT2D eigenvalue weighted by atomic mass is 16.1. The van der Waals surface area contributed by atoms with Gasteiger partial charge in [0.05, 0.1) is 11.4 Å². The number of nitrogens with one attached hydrogen (secondary N) is 2. The highest BCUT2D eigenvalue weighted by Gasteiger charge is 2.09. The van der Waals surface area contributed by atoms with Gasteiger partial charge in [0, 0.05) is 30.2 Å². The van der Waals surface area contributed by atoms with Crippen molar-refractivity contribution in [1.29, 1.82) is 0 Å². The second-order valence-electron chi connectivity index (χ2n) is 7.12. The average molecular weight is 418 g/mol. The molecule has 1 heterocycles. The van der Waals surface area contributed by atoms with Crippen molar-refractivity contribution in [3.05, 3.63) is 71.1 Å². The number of aromatic nitrogens is 2. The Morgan fingerprint density at radius 2 is 2.06 bits per heavy atom. The van der Waals surface area contributed by atoms with Crippen molar-refractivity contribution in [3.8, 4) is 0 Å². The fourth-order valence-electron chi connectivity index (χ4n) is 2.88. The Labute approximate surface area is 184 Å². The van der Waals surface area contributed by atoms with E-state index in [-0.39, 0.29) is 5.91 Å². The molecule has 6 nitrogen and oxygen atoms in total. The lowest BCUT2D eigenvalue weighted by molar-refractivity contribution is -0.117. The van der Waals surface area contributed by atoms with E-state index in [1.807, 2.05) is 64.3 Å². The predicted molar refractivity (Wildman–Crippen MR) is 131 cm³/mol. The van der Waals surface area contributed by atoms with Crippen LogP contribution in [0.25, 0.3) is 11.8 Å². The number of hydrogen-bond donors (Lipinski definition) is 2. The van der Waals surface area contributed by atoms with Crippen LogP contribution >= 0.6 is 0 Å². The Balaban J connectivity index is 2.33. The van der Waals surface area contributed by atoms with Gasteiger partial charge in [0.15, 0.2) is 0 Å². The molecule has 2 rings (SSSR count). The summed E-state index contributed by atoms with van der Waals surface area (Å²) in [7, 11) is 0. The van der Waals surface area contributed by atoms with E-state index < -0.39 is 0 Å². The van der Waals surface area contributed by atoms with E-state index in [1.165, 1.54) is 0 Å². The number of hydrogen-bond acceptors (Lipinski definition) is 5. The van der Waals surface area contributed by atoms with Crippen LogP contribution in [0.5, 0.6) is 0 Å². The number of allylic oxidation sites excluding steroid dienone is 1. The lowest BCUT2D eigenvalue weighted by Crippen LogP contribution is -2.23. The van der Waals surface area contributed by atoms with Gasteiger partial charge in [-0.3, -0.25) is 9.79 Å². The molecule has 2 N–H and O–H groups in total. The van der Waals surface area contributed by atoms with Crippen LogP contribution in [-0.2, 0) is 4.79 Å². The van der Waals surface area contributed by atoms with E-state index in [4.69, 9.17) is 0 Å². The van der Waals surface area contributed by atoms with Crippen molar-refractivity contribution in [3.63, 3.8) is 0 Å². The summed E-state index contributed by atoms with van der Waals surface area (Å²) in [5.74, 6) is 0.375. The van der Waals surface area contributed by atoms with Crippen LogP contribution in [0, 0.1) is 13.8 Å². The van der Waals surface area contributed by atoms with Gasteiger partial charge in [-0.05, 0) is 75.1 Å². The van der Waals surface area contributed by atoms with E-state index in [9.17, 15) is 4.79 Å². The number of carbonyl (C=O) groups is 1. The Morgan fingerprint density at radius 1 is 1.29 bits per heavy atom. The number of carbonyl (C=O) groups excluding carboxylic acids is 1. The van der Waals surface area contributed by atoms with Crippen LogP contribution in [0.1, 0.15) is 49.6 Å². The fourth-order valence-corrected chi connectivity index (χ4v) is 2.88. The molecule has 0 atom stereocenters. The van der Waals surface area contributed by atoms with Crippen LogP contribution in [-0.4, -0.2) is 28.6 Å². The molecule has 1 amide bonds. The van der Waals surface area contributed by atoms with E-state index in [0.29, 0.717) is 18.1 Å². The highest BCUT2D eigenvalue weighted by molar-refractivity contribution is 5.97. The summed E-state index contributed by atoms with van der Waals surface area (Å²) in [5.41, 5.74) is 6.22. The lowest BCUT2D eigenvalue weighted by atomic mass is 10.00. The third-order valence-electron chi connectivity index (χ3n) is 4.71. The minimum Gasteiger partial charge on any atom is -0.349 e. The van der Waals surface area contributed by atoms with Gasteiger partial charge in [-0.2, -0.15) is 0 Å². The smallest absolute Gasteiger partial charge is 0.247 e. The summed E-state index contributed by atoms with van der Waals surface area (Å²) in [5, 5.41) is 6.08. The highest BCUT2D eigenvalue weighted by Crippen LogP contribution is 2.24. The van der Waals surface area contributed by atoms with Crippen molar-refractivity contribution in [2.24, 2.45) is 4.99 Å². The first-order valence-corrected chi connectivity index (χ1v) is 10.4. The largest absolute Gasteiger partial charge is 0.349 e. The van der Waals surface area contributed by atoms with Gasteiger partial charge >= 0.3 is 0 Å². The van der Waals surface area contributed by atoms with Crippen LogP contribution in [0.3, 0.4) is 0 Å². The standard InChI is InChI=1S/C25H31N5O/c1-7-11-26-22(9-3)23-10-13-28-25(30-23)29-21-15-17(4)19(6)20(16-21)14-18(5)24(31)27-12-8-2/h8-11,13-16H,2,7,12H2,1,3-6H3,(H,27,31)(H,28,29,30)/b18-14+,22-9-,26-11?. The monoisotopic (exact) mass is 417 g/mol. The zero-order valence-electron chi connectivity index (χ0n) is 19.0. The molecule has 0 fully saturated rings. The maximum atomic E-state index is 12.2. The van der Waals surface area contributed by atoms with Crippen LogP contribution < -0.4 is 10.6 Å². The summed E-state index contributed by atoms with van der Waals surface area (Å²) in [6.07, 6.45) is 9.91. The van der Waals surface area contributed by atoms with Gasteiger partial charge in [0.25, 0.3) is 0 Å². The van der Waals surface area contributed by atoms with Gasteiger partial charge in [-0.15, -0.1) is 6.58 Å². The van der Waals surface area contributed by atoms with Crippen molar-refractivity contribution in [2.75, 3.05) is 11.9 Å². The van der Waals surface area contributed by atoms with E-state index in [1.54, 1.807) is 19.2 Å². The molecule has 0 radical (unpaired) electrons. The molecule has 0 aliphatic heterocycles. The molecule has 0 spiro atoms. The Morgan fingerprint density at radius 3 is 2.74 bits per heavy atom. The summed E-state index contributed by atoms with van der Waals surface area (Å²) in [4.78, 5) is 25.6. The van der Waals surface area contributed by atoms with Gasteiger partial charge in [-0.1, -0.05) is 19.1 Å². The van der Waals surface area contributed by atoms with E-state index >= 15 is 0 Å². The number of aryl methyl sites for hydroxylation is 1. The molecule has 0 saturated carbocycles. The third-order valence-corrected chi connectivity index (χ3v) is 4.71. The molecular formula is C25H31N5O. The van der Waals surface area contributed by atoms with Crippen molar-refractivity contribution in [1.82, 2.24) is 15.3 Å². The third kappa shape index (κ3) is 6.74. The zero-order chi connectivity index (χ0) is 22.8. The van der Waals surface area contributed by atoms with Crippen LogP contribution in [0.2, 0.25) is 0 Å². The number of benzene rings is 1. The lowest BCUT2D eigenvalue weighted by Gasteiger charge is -2.12. The summed E-state index contributed by atoms with van der Waals surface area (Å²) in [6, 6.07) is 5.88. The van der Waals surface area contributed by atoms with Crippen LogP contribution in [0.15, 0.2) is 53.7 Å². The Kier molecular flexibility index (Phi) is 8.88. The first kappa shape index (κ1) is 23.7. The van der Waals surface area contributed by atoms with Crippen molar-refractivity contribution >= 4 is 35.5 Å². The molecule has 162 valence electrons. The maximum Gasteiger partial charge on any atom is 0.247 e. The molecule has 6 heteroatoms. The van der Waals surface area contributed by atoms with Crippen molar-refractivity contribution < 1.29 is 4.79 Å². The molecule has 1 aromatic heterocycles. The number of rotatable bonds is 9. The van der Waals surface area contributed by atoms with Crippen molar-refractivity contribution in [2.45, 2.75) is 41.0 Å². The number of aliphatic imine (C=N–C) groups is 1. The van der Waals surface area contributed by atoms with Gasteiger partial charge in [0.2, 0.25) is 11.9 Å². The number of anilines is 2. The molecule has 0 aliphatic carbocycles. The first-order valence-electron chi connectivity index (χ1n) is 10.4. The molecule has 1 aromatic carbocycles. The van der Waals surface area contributed by atoms with Gasteiger partial charge in [-0.25, -0.2) is 9.97 Å². The Hall–Kier alpha value is -3.54. The summed E-state index contributed by atoms with van der Waals surface area (Å²) < 4.78 is 0. The normalized spacial score (nSPS) is 12.2. The zero-order valence-corrected chi connectivity index (χ0v) is 19.0. The predicted octanol–water partition coefficient (Wildman–Crippen LogP) is 5.38. The fraction of sp³-hybridized carbons (Fsp3) is 0.280. The van der Waals surface area contributed by atoms with E-state index in [2.05, 4.69) is 32.2 Å². The minimum atomic E-state index is -0.113. The molecule has 0 unspecified atom stereocenters. The van der Waals surface area contributed by atoms with Gasteiger partial charge < -0.3 is 10.6 Å². The topological polar surface area (TPSA) is 79.3 Å². The molecule has 0 bridgehead atoms. The quantitative estimate of drug-likeness (QED) is 0.326. The van der Waals surface area contributed by atoms with E-state index in [0.717, 1.165) is 40.2 Å². The maximum absolute atomic E-state index is 12.2. The number of amides is 1. The molecular weight excluding hydrogens is 386 g/mol. The second kappa shape index (κ2) is 11.6. The molecule has 31 heavy (non-hydrogen) atoms.